The lowest BCUT2D eigenvalue weighted by Crippen LogP contribution is -2.12. The van der Waals surface area contributed by atoms with Crippen LogP contribution in [0.4, 0.5) is 17.2 Å². The largest absolute Gasteiger partial charge is 0.505 e. The van der Waals surface area contributed by atoms with Gasteiger partial charge in [0.25, 0.3) is 5.91 Å². The normalized spacial score (nSPS) is 10.9. The Morgan fingerprint density at radius 3 is 2.37 bits per heavy atom. The second-order valence-electron chi connectivity index (χ2n) is 7.60. The number of phenolic OH excluding ortho intramolecular Hbond substituents is 1. The SMILES string of the molecule is N#Cc1cnn(-c2ccccc2)c1/N=N/c1cc2ccccc2c(C(=O)Nc2ccccc2)c1O. The molecule has 0 aliphatic rings. The van der Waals surface area contributed by atoms with E-state index in [1.54, 1.807) is 42.5 Å². The van der Waals surface area contributed by atoms with Crippen LogP contribution in [0.5, 0.6) is 5.75 Å². The van der Waals surface area contributed by atoms with E-state index in [0.29, 0.717) is 22.1 Å². The van der Waals surface area contributed by atoms with Gasteiger partial charge in [0.1, 0.15) is 17.3 Å². The number of carbonyl (C=O) groups excluding carboxylic acids is 1. The summed E-state index contributed by atoms with van der Waals surface area (Å²) in [5, 5.41) is 37.4. The molecule has 4 aromatic carbocycles. The zero-order chi connectivity index (χ0) is 24.2. The third kappa shape index (κ3) is 4.21. The molecule has 0 bridgehead atoms. The minimum absolute atomic E-state index is 0.0815. The third-order valence-electron chi connectivity index (χ3n) is 5.38. The van der Waals surface area contributed by atoms with Gasteiger partial charge < -0.3 is 10.4 Å². The van der Waals surface area contributed by atoms with Crippen LogP contribution in [0.2, 0.25) is 0 Å². The summed E-state index contributed by atoms with van der Waals surface area (Å²) in [5.74, 6) is -0.583. The highest BCUT2D eigenvalue weighted by atomic mass is 16.3. The number of rotatable bonds is 5. The summed E-state index contributed by atoms with van der Waals surface area (Å²) >= 11 is 0. The summed E-state index contributed by atoms with van der Waals surface area (Å²) in [6.07, 6.45) is 1.40. The third-order valence-corrected chi connectivity index (χ3v) is 5.38. The molecular weight excluding hydrogens is 440 g/mol. The number of aromatic hydroxyl groups is 1. The molecule has 35 heavy (non-hydrogen) atoms. The molecule has 168 valence electrons. The first-order valence-electron chi connectivity index (χ1n) is 10.7. The quantitative estimate of drug-likeness (QED) is 0.302. The lowest BCUT2D eigenvalue weighted by molar-refractivity contribution is 0.102. The molecular formula is C27H18N6O2. The molecule has 5 aromatic rings. The van der Waals surface area contributed by atoms with Crippen molar-refractivity contribution >= 4 is 33.9 Å². The second kappa shape index (κ2) is 9.29. The van der Waals surface area contributed by atoms with Gasteiger partial charge in [0, 0.05) is 5.69 Å². The zero-order valence-corrected chi connectivity index (χ0v) is 18.3. The van der Waals surface area contributed by atoms with Gasteiger partial charge in [-0.2, -0.15) is 10.4 Å². The van der Waals surface area contributed by atoms with E-state index in [0.717, 1.165) is 0 Å². The Kier molecular flexibility index (Phi) is 5.72. The fourth-order valence-corrected chi connectivity index (χ4v) is 3.72. The van der Waals surface area contributed by atoms with Crippen LogP contribution in [-0.4, -0.2) is 20.8 Å². The number of hydrogen-bond acceptors (Lipinski definition) is 6. The fourth-order valence-electron chi connectivity index (χ4n) is 3.72. The van der Waals surface area contributed by atoms with Gasteiger partial charge in [0.15, 0.2) is 11.6 Å². The minimum Gasteiger partial charge on any atom is -0.505 e. The first-order valence-corrected chi connectivity index (χ1v) is 10.7. The van der Waals surface area contributed by atoms with Crippen molar-refractivity contribution in [3.63, 3.8) is 0 Å². The summed E-state index contributed by atoms with van der Waals surface area (Å²) in [6.45, 7) is 0. The number of nitriles is 1. The molecule has 0 radical (unpaired) electrons. The van der Waals surface area contributed by atoms with Crippen molar-refractivity contribution in [2.75, 3.05) is 5.32 Å². The number of phenols is 1. The minimum atomic E-state index is -0.478. The number of nitrogens with zero attached hydrogens (tertiary/aromatic N) is 5. The molecule has 1 heterocycles. The number of hydrogen-bond donors (Lipinski definition) is 2. The number of fused-ring (bicyclic) bond motifs is 1. The molecule has 2 N–H and O–H groups in total. The van der Waals surface area contributed by atoms with Crippen molar-refractivity contribution in [1.82, 2.24) is 9.78 Å². The lowest BCUT2D eigenvalue weighted by atomic mass is 10.0. The summed E-state index contributed by atoms with van der Waals surface area (Å²) in [4.78, 5) is 13.2. The molecule has 0 saturated carbocycles. The summed E-state index contributed by atoms with van der Waals surface area (Å²) in [7, 11) is 0. The molecule has 1 aromatic heterocycles. The molecule has 0 atom stereocenters. The number of anilines is 1. The maximum atomic E-state index is 13.2. The van der Waals surface area contributed by atoms with Gasteiger partial charge in [0.05, 0.1) is 17.4 Å². The van der Waals surface area contributed by atoms with E-state index in [4.69, 9.17) is 0 Å². The van der Waals surface area contributed by atoms with Crippen LogP contribution in [-0.2, 0) is 0 Å². The highest BCUT2D eigenvalue weighted by molar-refractivity contribution is 6.16. The van der Waals surface area contributed by atoms with E-state index >= 15 is 0 Å². The molecule has 5 rings (SSSR count). The Morgan fingerprint density at radius 2 is 1.63 bits per heavy atom. The topological polar surface area (TPSA) is 116 Å². The molecule has 0 saturated heterocycles. The van der Waals surface area contributed by atoms with E-state index in [2.05, 4.69) is 26.7 Å². The fraction of sp³-hybridized carbons (Fsp3) is 0. The van der Waals surface area contributed by atoms with Crippen molar-refractivity contribution in [1.29, 1.82) is 5.26 Å². The van der Waals surface area contributed by atoms with Crippen molar-refractivity contribution in [2.24, 2.45) is 10.2 Å². The average Bonchev–Trinajstić information content (AvgIpc) is 3.31. The average molecular weight is 458 g/mol. The highest BCUT2D eigenvalue weighted by Crippen LogP contribution is 2.38. The second-order valence-corrected chi connectivity index (χ2v) is 7.60. The summed E-state index contributed by atoms with van der Waals surface area (Å²) < 4.78 is 1.49. The number of benzene rings is 4. The van der Waals surface area contributed by atoms with Crippen molar-refractivity contribution < 1.29 is 9.90 Å². The molecule has 8 heteroatoms. The maximum absolute atomic E-state index is 13.2. The van der Waals surface area contributed by atoms with Crippen LogP contribution in [0.15, 0.2) is 107 Å². The van der Waals surface area contributed by atoms with Gasteiger partial charge in [-0.25, -0.2) is 4.68 Å². The number of azo groups is 1. The Balaban J connectivity index is 1.60. The molecule has 0 aliphatic carbocycles. The number of para-hydroxylation sites is 2. The lowest BCUT2D eigenvalue weighted by Gasteiger charge is -2.12. The Hall–Kier alpha value is -5.29. The van der Waals surface area contributed by atoms with E-state index in [1.165, 1.54) is 10.9 Å². The molecule has 0 spiro atoms. The smallest absolute Gasteiger partial charge is 0.260 e. The Labute approximate surface area is 200 Å². The van der Waals surface area contributed by atoms with Gasteiger partial charge in [-0.05, 0) is 41.1 Å². The molecule has 0 fully saturated rings. The summed E-state index contributed by atoms with van der Waals surface area (Å²) in [6, 6.07) is 29.1. The standard InChI is InChI=1S/C27H18N6O2/c28-16-19-17-29-33(21-12-5-2-6-13-21)26(19)32-31-23-15-18-9-7-8-14-22(18)24(25(23)34)27(35)30-20-10-3-1-4-11-20/h1-15,17,34H,(H,30,35)/b32-31+. The predicted molar refractivity (Wildman–Crippen MR) is 132 cm³/mol. The van der Waals surface area contributed by atoms with E-state index in [9.17, 15) is 15.2 Å². The number of carbonyl (C=O) groups is 1. The number of aromatic nitrogens is 2. The van der Waals surface area contributed by atoms with Gasteiger partial charge >= 0.3 is 0 Å². The van der Waals surface area contributed by atoms with Crippen LogP contribution in [0.25, 0.3) is 16.5 Å². The van der Waals surface area contributed by atoms with Crippen LogP contribution >= 0.6 is 0 Å². The van der Waals surface area contributed by atoms with E-state index in [-0.39, 0.29) is 28.4 Å². The van der Waals surface area contributed by atoms with Crippen LogP contribution < -0.4 is 5.32 Å². The number of amides is 1. The molecule has 0 unspecified atom stereocenters. The highest BCUT2D eigenvalue weighted by Gasteiger charge is 2.20. The number of nitrogens with one attached hydrogen (secondary N) is 1. The van der Waals surface area contributed by atoms with Gasteiger partial charge in [-0.15, -0.1) is 10.2 Å². The zero-order valence-electron chi connectivity index (χ0n) is 18.3. The molecule has 8 nitrogen and oxygen atoms in total. The van der Waals surface area contributed by atoms with Crippen molar-refractivity contribution in [3.8, 4) is 17.5 Å². The van der Waals surface area contributed by atoms with Crippen LogP contribution in [0.1, 0.15) is 15.9 Å². The van der Waals surface area contributed by atoms with E-state index < -0.39 is 5.91 Å². The van der Waals surface area contributed by atoms with Crippen molar-refractivity contribution in [2.45, 2.75) is 0 Å². The first-order chi connectivity index (χ1) is 17.2. The van der Waals surface area contributed by atoms with Crippen molar-refractivity contribution in [3.05, 3.63) is 108 Å². The van der Waals surface area contributed by atoms with Gasteiger partial charge in [0.2, 0.25) is 0 Å². The first kappa shape index (κ1) is 21.6. The van der Waals surface area contributed by atoms with E-state index in [1.807, 2.05) is 48.5 Å². The monoisotopic (exact) mass is 458 g/mol. The Bertz CT molecular complexity index is 1600. The predicted octanol–water partition coefficient (Wildman–Crippen LogP) is 6.27. The molecule has 1 amide bonds. The Morgan fingerprint density at radius 1 is 0.943 bits per heavy atom. The van der Waals surface area contributed by atoms with Crippen LogP contribution in [0.3, 0.4) is 0 Å². The van der Waals surface area contributed by atoms with Crippen LogP contribution in [0, 0.1) is 11.3 Å². The molecule has 0 aliphatic heterocycles. The summed E-state index contributed by atoms with van der Waals surface area (Å²) in [5.41, 5.74) is 1.69. The van der Waals surface area contributed by atoms with Gasteiger partial charge in [-0.3, -0.25) is 4.79 Å². The van der Waals surface area contributed by atoms with Gasteiger partial charge in [-0.1, -0.05) is 60.7 Å². The maximum Gasteiger partial charge on any atom is 0.260 e.